The Bertz CT molecular complexity index is 595. The molecule has 96 valence electrons. The van der Waals surface area contributed by atoms with Gasteiger partial charge in [0.2, 0.25) is 0 Å². The van der Waals surface area contributed by atoms with Gasteiger partial charge in [0.25, 0.3) is 0 Å². The van der Waals surface area contributed by atoms with Gasteiger partial charge in [0.1, 0.15) is 5.71 Å². The first kappa shape index (κ1) is 13.1. The third-order valence-electron chi connectivity index (χ3n) is 3.04. The monoisotopic (exact) mass is 251 g/mol. The first-order valence-electron chi connectivity index (χ1n) is 6.23. The smallest absolute Gasteiger partial charge is 0.110 e. The first-order chi connectivity index (χ1) is 9.20. The van der Waals surface area contributed by atoms with Crippen molar-refractivity contribution in [2.75, 3.05) is 0 Å². The van der Waals surface area contributed by atoms with E-state index in [9.17, 15) is 5.21 Å². The van der Waals surface area contributed by atoms with Crippen molar-refractivity contribution in [1.82, 2.24) is 0 Å². The van der Waals surface area contributed by atoms with Gasteiger partial charge in [0.05, 0.1) is 0 Å². The number of aryl methyl sites for hydroxylation is 1. The van der Waals surface area contributed by atoms with Gasteiger partial charge in [-0.2, -0.15) is 0 Å². The Kier molecular flexibility index (Phi) is 4.14. The number of nitrogens with zero attached hydrogens (tertiary/aromatic N) is 1. The van der Waals surface area contributed by atoms with E-state index < -0.39 is 0 Å². The van der Waals surface area contributed by atoms with Crippen LogP contribution in [0.1, 0.15) is 23.6 Å². The van der Waals surface area contributed by atoms with Gasteiger partial charge < -0.3 is 5.21 Å². The molecule has 0 fully saturated rings. The Morgan fingerprint density at radius 3 is 2.16 bits per heavy atom. The molecule has 0 atom stereocenters. The maximum atomic E-state index is 9.19. The Morgan fingerprint density at radius 2 is 1.58 bits per heavy atom. The molecule has 0 bridgehead atoms. The molecule has 1 N–H and O–H groups in total. The number of rotatable bonds is 3. The molecule has 0 saturated carbocycles. The van der Waals surface area contributed by atoms with E-state index in [-0.39, 0.29) is 0 Å². The number of benzene rings is 2. The standard InChI is InChI=1S/C17H17NO/c1-13-8-10-16(11-9-13)17(18-19)12-14(2)15-6-4-3-5-7-15/h3-12,19H,1-2H3/b14-12-,18-17?. The number of oxime groups is 1. The second kappa shape index (κ2) is 6.01. The summed E-state index contributed by atoms with van der Waals surface area (Å²) in [7, 11) is 0. The Hall–Kier alpha value is -2.35. The molecule has 2 aromatic carbocycles. The predicted octanol–water partition coefficient (Wildman–Crippen LogP) is 4.28. The van der Waals surface area contributed by atoms with E-state index in [1.807, 2.05) is 74.5 Å². The highest BCUT2D eigenvalue weighted by Gasteiger charge is 2.03. The van der Waals surface area contributed by atoms with Crippen LogP contribution in [0.15, 0.2) is 65.8 Å². The van der Waals surface area contributed by atoms with Crippen LogP contribution in [-0.4, -0.2) is 10.9 Å². The normalized spacial score (nSPS) is 12.5. The van der Waals surface area contributed by atoms with E-state index in [1.54, 1.807) is 0 Å². The Labute approximate surface area is 113 Å². The molecule has 0 unspecified atom stereocenters. The summed E-state index contributed by atoms with van der Waals surface area (Å²) >= 11 is 0. The lowest BCUT2D eigenvalue weighted by molar-refractivity contribution is 0.320. The van der Waals surface area contributed by atoms with Crippen LogP contribution in [0.2, 0.25) is 0 Å². The lowest BCUT2D eigenvalue weighted by Crippen LogP contribution is -1.98. The summed E-state index contributed by atoms with van der Waals surface area (Å²) in [5.74, 6) is 0. The maximum Gasteiger partial charge on any atom is 0.110 e. The highest BCUT2D eigenvalue weighted by molar-refractivity contribution is 6.11. The minimum absolute atomic E-state index is 0.571. The fraction of sp³-hybridized carbons (Fsp3) is 0.118. The average Bonchev–Trinajstić information content (AvgIpc) is 2.46. The van der Waals surface area contributed by atoms with E-state index >= 15 is 0 Å². The third-order valence-corrected chi connectivity index (χ3v) is 3.04. The van der Waals surface area contributed by atoms with Crippen molar-refractivity contribution in [1.29, 1.82) is 0 Å². The van der Waals surface area contributed by atoms with E-state index in [2.05, 4.69) is 5.16 Å². The SMILES string of the molecule is C/C(=C/C(=NO)c1ccc(C)cc1)c1ccccc1. The summed E-state index contributed by atoms with van der Waals surface area (Å²) in [5.41, 5.74) is 4.85. The predicted molar refractivity (Wildman–Crippen MR) is 79.6 cm³/mol. The van der Waals surface area contributed by atoms with E-state index in [1.165, 1.54) is 5.56 Å². The summed E-state index contributed by atoms with van der Waals surface area (Å²) in [6, 6.07) is 18.0. The molecule has 0 saturated heterocycles. The molecular formula is C17H17NO. The van der Waals surface area contributed by atoms with Gasteiger partial charge in [0.15, 0.2) is 0 Å². The largest absolute Gasteiger partial charge is 0.410 e. The van der Waals surface area contributed by atoms with Gasteiger partial charge in [0, 0.05) is 5.56 Å². The van der Waals surface area contributed by atoms with Gasteiger partial charge in [-0.05, 0) is 31.1 Å². The van der Waals surface area contributed by atoms with Crippen molar-refractivity contribution in [3.8, 4) is 0 Å². The summed E-state index contributed by atoms with van der Waals surface area (Å²) in [6.45, 7) is 4.04. The van der Waals surface area contributed by atoms with E-state index in [0.29, 0.717) is 5.71 Å². The topological polar surface area (TPSA) is 32.6 Å². The molecule has 0 radical (unpaired) electrons. The fourth-order valence-electron chi connectivity index (χ4n) is 1.88. The van der Waals surface area contributed by atoms with Crippen molar-refractivity contribution in [2.45, 2.75) is 13.8 Å². The molecule has 2 nitrogen and oxygen atoms in total. The third kappa shape index (κ3) is 3.32. The molecule has 0 aromatic heterocycles. The van der Waals surface area contributed by atoms with Crippen LogP contribution in [0.25, 0.3) is 5.57 Å². The number of hydrogen-bond donors (Lipinski definition) is 1. The van der Waals surface area contributed by atoms with Crippen molar-refractivity contribution >= 4 is 11.3 Å². The maximum absolute atomic E-state index is 9.19. The minimum Gasteiger partial charge on any atom is -0.410 e. The van der Waals surface area contributed by atoms with Gasteiger partial charge in [-0.3, -0.25) is 0 Å². The summed E-state index contributed by atoms with van der Waals surface area (Å²) < 4.78 is 0. The number of allylic oxidation sites excluding steroid dienone is 2. The van der Waals surface area contributed by atoms with Crippen molar-refractivity contribution in [2.24, 2.45) is 5.16 Å². The summed E-state index contributed by atoms with van der Waals surface area (Å²) in [5, 5.41) is 12.6. The molecular weight excluding hydrogens is 234 g/mol. The molecule has 0 amide bonds. The molecule has 2 heteroatoms. The highest BCUT2D eigenvalue weighted by atomic mass is 16.4. The van der Waals surface area contributed by atoms with Crippen molar-refractivity contribution in [3.05, 3.63) is 77.4 Å². The van der Waals surface area contributed by atoms with Crippen LogP contribution >= 0.6 is 0 Å². The zero-order valence-electron chi connectivity index (χ0n) is 11.2. The zero-order chi connectivity index (χ0) is 13.7. The fourth-order valence-corrected chi connectivity index (χ4v) is 1.88. The molecule has 0 spiro atoms. The van der Waals surface area contributed by atoms with Crippen LogP contribution in [0.3, 0.4) is 0 Å². The van der Waals surface area contributed by atoms with Gasteiger partial charge in [-0.1, -0.05) is 65.3 Å². The average molecular weight is 251 g/mol. The molecule has 0 aliphatic rings. The van der Waals surface area contributed by atoms with Gasteiger partial charge in [-0.25, -0.2) is 0 Å². The Balaban J connectivity index is 2.32. The molecule has 0 aliphatic carbocycles. The molecule has 2 rings (SSSR count). The van der Waals surface area contributed by atoms with Crippen LogP contribution < -0.4 is 0 Å². The van der Waals surface area contributed by atoms with Crippen LogP contribution in [0.4, 0.5) is 0 Å². The van der Waals surface area contributed by atoms with E-state index in [4.69, 9.17) is 0 Å². The quantitative estimate of drug-likeness (QED) is 0.493. The zero-order valence-corrected chi connectivity index (χ0v) is 11.2. The lowest BCUT2D eigenvalue weighted by atomic mass is 10.0. The summed E-state index contributed by atoms with van der Waals surface area (Å²) in [4.78, 5) is 0. The molecule has 19 heavy (non-hydrogen) atoms. The first-order valence-corrected chi connectivity index (χ1v) is 6.23. The molecule has 0 heterocycles. The molecule has 0 aliphatic heterocycles. The lowest BCUT2D eigenvalue weighted by Gasteiger charge is -2.04. The molecule has 2 aromatic rings. The van der Waals surface area contributed by atoms with Crippen molar-refractivity contribution in [3.63, 3.8) is 0 Å². The van der Waals surface area contributed by atoms with Crippen LogP contribution in [0.5, 0.6) is 0 Å². The number of hydrogen-bond acceptors (Lipinski definition) is 2. The van der Waals surface area contributed by atoms with Crippen LogP contribution in [0, 0.1) is 6.92 Å². The second-order valence-corrected chi connectivity index (χ2v) is 4.54. The van der Waals surface area contributed by atoms with Gasteiger partial charge in [-0.15, -0.1) is 0 Å². The highest BCUT2D eigenvalue weighted by Crippen LogP contribution is 2.15. The Morgan fingerprint density at radius 1 is 0.947 bits per heavy atom. The second-order valence-electron chi connectivity index (χ2n) is 4.54. The summed E-state index contributed by atoms with van der Waals surface area (Å²) in [6.07, 6.45) is 1.89. The van der Waals surface area contributed by atoms with Gasteiger partial charge >= 0.3 is 0 Å². The van der Waals surface area contributed by atoms with E-state index in [0.717, 1.165) is 16.7 Å². The minimum atomic E-state index is 0.571. The van der Waals surface area contributed by atoms with Crippen LogP contribution in [-0.2, 0) is 0 Å². The van der Waals surface area contributed by atoms with Crippen molar-refractivity contribution < 1.29 is 5.21 Å².